The number of rotatable bonds is 9. The molecule has 1 amide bonds. The van der Waals surface area contributed by atoms with Gasteiger partial charge >= 0.3 is 0 Å². The molecule has 5 heteroatoms. The predicted octanol–water partition coefficient (Wildman–Crippen LogP) is 3.13. The molecule has 0 aromatic heterocycles. The van der Waals surface area contributed by atoms with Crippen LogP contribution in [0.25, 0.3) is 0 Å². The van der Waals surface area contributed by atoms with Crippen molar-refractivity contribution in [3.05, 3.63) is 59.7 Å². The summed E-state index contributed by atoms with van der Waals surface area (Å²) in [5.74, 6) is 0.912. The molecule has 29 heavy (non-hydrogen) atoms. The first-order valence-corrected chi connectivity index (χ1v) is 10.6. The molecule has 0 spiro atoms. The first-order valence-electron chi connectivity index (χ1n) is 10.6. The van der Waals surface area contributed by atoms with Crippen molar-refractivity contribution in [1.82, 2.24) is 10.2 Å². The van der Waals surface area contributed by atoms with Crippen molar-refractivity contribution in [1.29, 1.82) is 0 Å². The Morgan fingerprint density at radius 2 is 1.62 bits per heavy atom. The number of aryl methyl sites for hydroxylation is 1. The van der Waals surface area contributed by atoms with Crippen molar-refractivity contribution in [3.63, 3.8) is 0 Å². The van der Waals surface area contributed by atoms with E-state index in [1.165, 1.54) is 11.3 Å². The van der Waals surface area contributed by atoms with Gasteiger partial charge in [0.2, 0.25) is 5.91 Å². The maximum absolute atomic E-state index is 12.1. The van der Waals surface area contributed by atoms with Gasteiger partial charge in [-0.2, -0.15) is 0 Å². The van der Waals surface area contributed by atoms with E-state index in [-0.39, 0.29) is 5.91 Å². The number of ether oxygens (including phenoxy) is 1. The van der Waals surface area contributed by atoms with Crippen LogP contribution in [0, 0.1) is 0 Å². The number of amides is 1. The molecule has 0 bridgehead atoms. The number of hydrogen-bond acceptors (Lipinski definition) is 4. The molecule has 0 aliphatic carbocycles. The van der Waals surface area contributed by atoms with Crippen molar-refractivity contribution in [2.24, 2.45) is 0 Å². The van der Waals surface area contributed by atoms with Crippen LogP contribution in [0.3, 0.4) is 0 Å². The molecule has 1 aliphatic rings. The minimum atomic E-state index is 0.0691. The third kappa shape index (κ3) is 6.79. The monoisotopic (exact) mass is 395 g/mol. The van der Waals surface area contributed by atoms with Crippen LogP contribution in [0.1, 0.15) is 24.5 Å². The summed E-state index contributed by atoms with van der Waals surface area (Å²) >= 11 is 0. The molecule has 156 valence electrons. The highest BCUT2D eigenvalue weighted by molar-refractivity contribution is 5.78. The van der Waals surface area contributed by atoms with E-state index < -0.39 is 0 Å². The molecule has 5 nitrogen and oxygen atoms in total. The van der Waals surface area contributed by atoms with Gasteiger partial charge in [0.05, 0.1) is 13.0 Å². The van der Waals surface area contributed by atoms with E-state index in [0.717, 1.165) is 50.3 Å². The van der Waals surface area contributed by atoms with Gasteiger partial charge in [0, 0.05) is 38.4 Å². The van der Waals surface area contributed by atoms with Crippen LogP contribution in [-0.2, 0) is 17.6 Å². The normalized spacial score (nSPS) is 14.6. The zero-order valence-corrected chi connectivity index (χ0v) is 17.7. The summed E-state index contributed by atoms with van der Waals surface area (Å²) < 4.78 is 5.43. The lowest BCUT2D eigenvalue weighted by molar-refractivity contribution is -0.120. The first-order chi connectivity index (χ1) is 14.1. The van der Waals surface area contributed by atoms with Crippen molar-refractivity contribution in [2.45, 2.75) is 26.2 Å². The Bertz CT molecular complexity index is 751. The quantitative estimate of drug-likeness (QED) is 0.663. The SMILES string of the molecule is CCOc1ccc(CC(=O)NCCCc2ccc(N3CCN(C)CC3)cc2)cc1. The summed E-state index contributed by atoms with van der Waals surface area (Å²) in [5.41, 5.74) is 3.64. The van der Waals surface area contributed by atoms with E-state index in [1.807, 2.05) is 31.2 Å². The molecule has 1 saturated heterocycles. The van der Waals surface area contributed by atoms with Gasteiger partial charge in [0.1, 0.15) is 5.75 Å². The first kappa shape index (κ1) is 21.2. The molecule has 2 aromatic rings. The number of carbonyl (C=O) groups excluding carboxylic acids is 1. The molecule has 0 unspecified atom stereocenters. The lowest BCUT2D eigenvalue weighted by atomic mass is 10.1. The number of nitrogens with one attached hydrogen (secondary N) is 1. The second kappa shape index (κ2) is 10.9. The Kier molecular flexibility index (Phi) is 7.94. The van der Waals surface area contributed by atoms with Gasteiger partial charge in [-0.05, 0) is 62.2 Å². The number of likely N-dealkylation sites (N-methyl/N-ethyl adjacent to an activating group) is 1. The van der Waals surface area contributed by atoms with Gasteiger partial charge < -0.3 is 19.9 Å². The van der Waals surface area contributed by atoms with Gasteiger partial charge in [-0.15, -0.1) is 0 Å². The molecule has 1 fully saturated rings. The maximum atomic E-state index is 12.1. The van der Waals surface area contributed by atoms with E-state index in [0.29, 0.717) is 19.6 Å². The van der Waals surface area contributed by atoms with Crippen molar-refractivity contribution < 1.29 is 9.53 Å². The van der Waals surface area contributed by atoms with Gasteiger partial charge in [0.25, 0.3) is 0 Å². The largest absolute Gasteiger partial charge is 0.494 e. The maximum Gasteiger partial charge on any atom is 0.224 e. The smallest absolute Gasteiger partial charge is 0.224 e. The predicted molar refractivity (Wildman–Crippen MR) is 119 cm³/mol. The number of piperazine rings is 1. The van der Waals surface area contributed by atoms with Crippen molar-refractivity contribution in [2.75, 3.05) is 51.3 Å². The van der Waals surface area contributed by atoms with E-state index in [9.17, 15) is 4.79 Å². The number of anilines is 1. The molecule has 0 saturated carbocycles. The number of nitrogens with zero attached hydrogens (tertiary/aromatic N) is 2. The molecule has 0 atom stereocenters. The van der Waals surface area contributed by atoms with E-state index in [4.69, 9.17) is 4.74 Å². The second-order valence-corrected chi connectivity index (χ2v) is 7.66. The van der Waals surface area contributed by atoms with Crippen LogP contribution in [0.2, 0.25) is 0 Å². The van der Waals surface area contributed by atoms with Crippen LogP contribution in [-0.4, -0.2) is 57.2 Å². The fraction of sp³-hybridized carbons (Fsp3) is 0.458. The van der Waals surface area contributed by atoms with Gasteiger partial charge in [-0.25, -0.2) is 0 Å². The van der Waals surface area contributed by atoms with Crippen LogP contribution in [0.5, 0.6) is 5.75 Å². The third-order valence-corrected chi connectivity index (χ3v) is 5.37. The summed E-state index contributed by atoms with van der Waals surface area (Å²) in [7, 11) is 2.18. The number of hydrogen-bond donors (Lipinski definition) is 1. The summed E-state index contributed by atoms with van der Waals surface area (Å²) in [6, 6.07) is 16.6. The zero-order chi connectivity index (χ0) is 20.5. The van der Waals surface area contributed by atoms with Gasteiger partial charge in [-0.1, -0.05) is 24.3 Å². The average molecular weight is 396 g/mol. The molecule has 0 radical (unpaired) electrons. The van der Waals surface area contributed by atoms with E-state index >= 15 is 0 Å². The Balaban J connectivity index is 1.35. The highest BCUT2D eigenvalue weighted by atomic mass is 16.5. The highest BCUT2D eigenvalue weighted by Gasteiger charge is 2.13. The number of benzene rings is 2. The van der Waals surface area contributed by atoms with Gasteiger partial charge in [0.15, 0.2) is 0 Å². The van der Waals surface area contributed by atoms with E-state index in [2.05, 4.69) is 46.4 Å². The molecule has 3 rings (SSSR count). The molecule has 2 aromatic carbocycles. The molecular weight excluding hydrogens is 362 g/mol. The Morgan fingerprint density at radius 1 is 0.966 bits per heavy atom. The van der Waals surface area contributed by atoms with Crippen molar-refractivity contribution in [3.8, 4) is 5.75 Å². The summed E-state index contributed by atoms with van der Waals surface area (Å²) in [6.45, 7) is 7.75. The Morgan fingerprint density at radius 3 is 2.28 bits per heavy atom. The third-order valence-electron chi connectivity index (χ3n) is 5.37. The lowest BCUT2D eigenvalue weighted by Gasteiger charge is -2.34. The van der Waals surface area contributed by atoms with E-state index in [1.54, 1.807) is 0 Å². The van der Waals surface area contributed by atoms with Gasteiger partial charge in [-0.3, -0.25) is 4.79 Å². The zero-order valence-electron chi connectivity index (χ0n) is 17.7. The lowest BCUT2D eigenvalue weighted by Crippen LogP contribution is -2.44. The van der Waals surface area contributed by atoms with Crippen LogP contribution >= 0.6 is 0 Å². The van der Waals surface area contributed by atoms with Crippen LogP contribution in [0.15, 0.2) is 48.5 Å². The molecule has 1 heterocycles. The minimum absolute atomic E-state index is 0.0691. The summed E-state index contributed by atoms with van der Waals surface area (Å²) in [6.07, 6.45) is 2.33. The number of carbonyl (C=O) groups is 1. The standard InChI is InChI=1S/C24H33N3O2/c1-3-29-23-12-8-21(9-13-23)19-24(28)25-14-4-5-20-6-10-22(11-7-20)27-17-15-26(2)16-18-27/h6-13H,3-5,14-19H2,1-2H3,(H,25,28). The molecular formula is C24H33N3O2. The fourth-order valence-corrected chi connectivity index (χ4v) is 3.58. The minimum Gasteiger partial charge on any atom is -0.494 e. The second-order valence-electron chi connectivity index (χ2n) is 7.66. The topological polar surface area (TPSA) is 44.8 Å². The summed E-state index contributed by atoms with van der Waals surface area (Å²) in [5, 5.41) is 3.03. The molecule has 1 N–H and O–H groups in total. The van der Waals surface area contributed by atoms with Crippen LogP contribution < -0.4 is 15.0 Å². The molecule has 1 aliphatic heterocycles. The Hall–Kier alpha value is -2.53. The Labute approximate surface area is 174 Å². The summed E-state index contributed by atoms with van der Waals surface area (Å²) in [4.78, 5) is 16.9. The fourth-order valence-electron chi connectivity index (χ4n) is 3.58. The highest BCUT2D eigenvalue weighted by Crippen LogP contribution is 2.17. The average Bonchev–Trinajstić information content (AvgIpc) is 2.74. The van der Waals surface area contributed by atoms with Crippen molar-refractivity contribution >= 4 is 11.6 Å². The van der Waals surface area contributed by atoms with Crippen LogP contribution in [0.4, 0.5) is 5.69 Å².